The summed E-state index contributed by atoms with van der Waals surface area (Å²) in [6, 6.07) is 10.5. The van der Waals surface area contributed by atoms with Gasteiger partial charge in [0.05, 0.1) is 18.4 Å². The molecule has 2 fully saturated rings. The lowest BCUT2D eigenvalue weighted by Crippen LogP contribution is -2.49. The minimum absolute atomic E-state index is 0.252. The SMILES string of the molecule is OC1(c2ccc(F)cc2)C[C@H]2CC[C@H](C1)N2Cc1nnnn1Cc1ccco1. The van der Waals surface area contributed by atoms with Crippen LogP contribution in [0.5, 0.6) is 0 Å². The topological polar surface area (TPSA) is 80.2 Å². The maximum Gasteiger partial charge on any atom is 0.165 e. The Morgan fingerprint density at radius 3 is 2.54 bits per heavy atom. The molecule has 8 heteroatoms. The number of hydrogen-bond donors (Lipinski definition) is 1. The molecule has 2 aromatic heterocycles. The largest absolute Gasteiger partial charge is 0.467 e. The van der Waals surface area contributed by atoms with Gasteiger partial charge in [0.25, 0.3) is 0 Å². The van der Waals surface area contributed by atoms with Crippen molar-refractivity contribution >= 4 is 0 Å². The number of halogens is 1. The summed E-state index contributed by atoms with van der Waals surface area (Å²) in [5, 5.41) is 23.4. The molecule has 2 aliphatic rings. The van der Waals surface area contributed by atoms with Crippen molar-refractivity contribution < 1.29 is 13.9 Å². The Hall–Kier alpha value is -2.58. The second-order valence-electron chi connectivity index (χ2n) is 7.84. The molecular weight excluding hydrogens is 361 g/mol. The first-order chi connectivity index (χ1) is 13.6. The number of furan rings is 1. The van der Waals surface area contributed by atoms with Crippen LogP contribution in [0.4, 0.5) is 4.39 Å². The van der Waals surface area contributed by atoms with Crippen LogP contribution in [0, 0.1) is 5.82 Å². The Labute approximate surface area is 161 Å². The van der Waals surface area contributed by atoms with Gasteiger partial charge in [0.2, 0.25) is 0 Å². The van der Waals surface area contributed by atoms with Gasteiger partial charge in [0.15, 0.2) is 5.82 Å². The van der Waals surface area contributed by atoms with Gasteiger partial charge in [-0.05, 0) is 65.9 Å². The third-order valence-corrected chi connectivity index (χ3v) is 6.12. The van der Waals surface area contributed by atoms with Crippen molar-refractivity contribution in [3.63, 3.8) is 0 Å². The van der Waals surface area contributed by atoms with Crippen molar-refractivity contribution in [3.05, 3.63) is 65.6 Å². The summed E-state index contributed by atoms with van der Waals surface area (Å²) in [6.07, 6.45) is 4.98. The first-order valence-corrected chi connectivity index (χ1v) is 9.62. The van der Waals surface area contributed by atoms with Crippen LogP contribution in [-0.4, -0.2) is 42.3 Å². The molecule has 2 bridgehead atoms. The molecule has 2 saturated heterocycles. The number of tetrazole rings is 1. The number of hydrogen-bond acceptors (Lipinski definition) is 6. The van der Waals surface area contributed by atoms with Crippen LogP contribution in [0.1, 0.15) is 42.8 Å². The molecule has 0 spiro atoms. The highest BCUT2D eigenvalue weighted by Crippen LogP contribution is 2.46. The maximum absolute atomic E-state index is 13.3. The summed E-state index contributed by atoms with van der Waals surface area (Å²) in [5.74, 6) is 1.32. The van der Waals surface area contributed by atoms with E-state index in [1.54, 1.807) is 23.1 Å². The predicted octanol–water partition coefficient (Wildman–Crippen LogP) is 2.47. The lowest BCUT2D eigenvalue weighted by molar-refractivity contribution is -0.0604. The second kappa shape index (κ2) is 6.79. The first-order valence-electron chi connectivity index (χ1n) is 9.62. The van der Waals surface area contributed by atoms with Crippen molar-refractivity contribution in [2.45, 2.75) is 56.5 Å². The quantitative estimate of drug-likeness (QED) is 0.729. The van der Waals surface area contributed by atoms with Crippen LogP contribution >= 0.6 is 0 Å². The van der Waals surface area contributed by atoms with Crippen LogP contribution < -0.4 is 0 Å². The molecular formula is C20H22FN5O2. The highest BCUT2D eigenvalue weighted by Gasteiger charge is 2.48. The second-order valence-corrected chi connectivity index (χ2v) is 7.84. The molecule has 0 aliphatic carbocycles. The fourth-order valence-corrected chi connectivity index (χ4v) is 4.74. The molecule has 3 aromatic rings. The lowest BCUT2D eigenvalue weighted by atomic mass is 9.80. The zero-order chi connectivity index (χ0) is 19.1. The number of piperidine rings is 1. The van der Waals surface area contributed by atoms with Crippen molar-refractivity contribution in [1.82, 2.24) is 25.1 Å². The minimum atomic E-state index is -0.907. The fraction of sp³-hybridized carbons (Fsp3) is 0.450. The zero-order valence-electron chi connectivity index (χ0n) is 15.4. The van der Waals surface area contributed by atoms with Crippen LogP contribution in [-0.2, 0) is 18.7 Å². The Balaban J connectivity index is 1.33. The van der Waals surface area contributed by atoms with Gasteiger partial charge >= 0.3 is 0 Å². The number of aromatic nitrogens is 4. The summed E-state index contributed by atoms with van der Waals surface area (Å²) >= 11 is 0. The molecule has 2 aliphatic heterocycles. The molecule has 1 aromatic carbocycles. The van der Waals surface area contributed by atoms with E-state index >= 15 is 0 Å². The summed E-state index contributed by atoms with van der Waals surface area (Å²) in [4.78, 5) is 2.41. The first kappa shape index (κ1) is 17.5. The van der Waals surface area contributed by atoms with Gasteiger partial charge < -0.3 is 9.52 Å². The zero-order valence-corrected chi connectivity index (χ0v) is 15.4. The third kappa shape index (κ3) is 3.12. The highest BCUT2D eigenvalue weighted by atomic mass is 19.1. The summed E-state index contributed by atoms with van der Waals surface area (Å²) < 4.78 is 20.4. The average Bonchev–Trinajstić information content (AvgIpc) is 3.40. The van der Waals surface area contributed by atoms with Crippen LogP contribution in [0.15, 0.2) is 47.1 Å². The minimum Gasteiger partial charge on any atom is -0.467 e. The molecule has 0 unspecified atom stereocenters. The van der Waals surface area contributed by atoms with Gasteiger partial charge in [-0.15, -0.1) is 5.10 Å². The standard InChI is InChI=1S/C20H22FN5O2/c21-15-5-3-14(4-6-15)20(27)10-16-7-8-17(11-20)25(16)13-19-22-23-24-26(19)12-18-2-1-9-28-18/h1-6,9,16-17,27H,7-8,10-13H2/t16-,17-/m1/s1. The number of nitrogens with zero attached hydrogens (tertiary/aromatic N) is 5. The molecule has 1 N–H and O–H groups in total. The van der Waals surface area contributed by atoms with E-state index in [4.69, 9.17) is 4.42 Å². The van der Waals surface area contributed by atoms with Crippen LogP contribution in [0.3, 0.4) is 0 Å². The average molecular weight is 383 g/mol. The summed E-state index contributed by atoms with van der Waals surface area (Å²) in [5.41, 5.74) is -0.107. The Morgan fingerprint density at radius 1 is 1.11 bits per heavy atom. The molecule has 5 rings (SSSR count). The summed E-state index contributed by atoms with van der Waals surface area (Å²) in [6.45, 7) is 1.14. The predicted molar refractivity (Wildman–Crippen MR) is 97.5 cm³/mol. The van der Waals surface area contributed by atoms with E-state index in [-0.39, 0.29) is 17.9 Å². The third-order valence-electron chi connectivity index (χ3n) is 6.12. The van der Waals surface area contributed by atoms with Crippen molar-refractivity contribution in [1.29, 1.82) is 0 Å². The van der Waals surface area contributed by atoms with E-state index < -0.39 is 5.60 Å². The van der Waals surface area contributed by atoms with Crippen LogP contribution in [0.25, 0.3) is 0 Å². The van der Waals surface area contributed by atoms with E-state index in [9.17, 15) is 9.50 Å². The Morgan fingerprint density at radius 2 is 1.86 bits per heavy atom. The van der Waals surface area contributed by atoms with Gasteiger partial charge in [-0.25, -0.2) is 9.07 Å². The van der Waals surface area contributed by atoms with E-state index in [1.807, 2.05) is 12.1 Å². The molecule has 7 nitrogen and oxygen atoms in total. The van der Waals surface area contributed by atoms with Gasteiger partial charge in [-0.3, -0.25) is 4.90 Å². The van der Waals surface area contributed by atoms with E-state index in [0.717, 1.165) is 30.0 Å². The molecule has 0 saturated carbocycles. The Kier molecular flexibility index (Phi) is 4.25. The normalized spacial score (nSPS) is 27.4. The number of benzene rings is 1. The molecule has 2 atom stereocenters. The molecule has 146 valence electrons. The summed E-state index contributed by atoms with van der Waals surface area (Å²) in [7, 11) is 0. The van der Waals surface area contributed by atoms with Crippen molar-refractivity contribution in [2.75, 3.05) is 0 Å². The van der Waals surface area contributed by atoms with E-state index in [2.05, 4.69) is 20.4 Å². The molecule has 28 heavy (non-hydrogen) atoms. The molecule has 0 amide bonds. The van der Waals surface area contributed by atoms with Gasteiger partial charge in [0, 0.05) is 12.1 Å². The van der Waals surface area contributed by atoms with Gasteiger partial charge in [-0.2, -0.15) is 0 Å². The van der Waals surface area contributed by atoms with Gasteiger partial charge in [0.1, 0.15) is 18.1 Å². The number of aliphatic hydroxyl groups is 1. The Bertz CT molecular complexity index is 926. The number of fused-ring (bicyclic) bond motifs is 2. The van der Waals surface area contributed by atoms with Crippen molar-refractivity contribution in [2.24, 2.45) is 0 Å². The molecule has 0 radical (unpaired) electrons. The maximum atomic E-state index is 13.3. The van der Waals surface area contributed by atoms with Crippen molar-refractivity contribution in [3.8, 4) is 0 Å². The fourth-order valence-electron chi connectivity index (χ4n) is 4.74. The van der Waals surface area contributed by atoms with Crippen LogP contribution in [0.2, 0.25) is 0 Å². The number of rotatable bonds is 5. The molecule has 4 heterocycles. The lowest BCUT2D eigenvalue weighted by Gasteiger charge is -2.43. The van der Waals surface area contributed by atoms with Gasteiger partial charge in [-0.1, -0.05) is 12.1 Å². The van der Waals surface area contributed by atoms with E-state index in [0.29, 0.717) is 25.9 Å². The van der Waals surface area contributed by atoms with E-state index in [1.165, 1.54) is 12.1 Å². The monoisotopic (exact) mass is 383 g/mol. The smallest absolute Gasteiger partial charge is 0.165 e. The highest BCUT2D eigenvalue weighted by molar-refractivity contribution is 5.25.